The number of fused-ring (bicyclic) bond motifs is 5. The first-order chi connectivity index (χ1) is 11.0. The van der Waals surface area contributed by atoms with E-state index in [-0.39, 0.29) is 0 Å². The normalized spacial score (nSPS) is 49.2. The lowest BCUT2D eigenvalue weighted by Crippen LogP contribution is -2.50. The van der Waals surface area contributed by atoms with E-state index in [0.29, 0.717) is 23.2 Å². The Morgan fingerprint density at radius 3 is 2.70 bits per heavy atom. The van der Waals surface area contributed by atoms with E-state index in [9.17, 15) is 9.90 Å². The fraction of sp³-hybridized carbons (Fsp3) is 0.857. The second-order valence-corrected chi connectivity index (χ2v) is 9.30. The Morgan fingerprint density at radius 2 is 1.91 bits per heavy atom. The number of ketones is 1. The summed E-state index contributed by atoms with van der Waals surface area (Å²) in [6, 6.07) is 0. The minimum Gasteiger partial charge on any atom is -0.396 e. The molecule has 0 spiro atoms. The molecule has 1 N–H and O–H groups in total. The van der Waals surface area contributed by atoms with Crippen LogP contribution in [0.4, 0.5) is 0 Å². The fourth-order valence-electron chi connectivity index (χ4n) is 7.30. The van der Waals surface area contributed by atoms with Gasteiger partial charge in [-0.15, -0.1) is 0 Å². The van der Waals surface area contributed by atoms with Gasteiger partial charge in [-0.25, -0.2) is 0 Å². The first-order valence-electron chi connectivity index (χ1n) is 9.84. The molecule has 3 saturated carbocycles. The SMILES string of the molecule is CC12CCC(=O)C=C1CCC1C2CCC2(C)C(CCO)CCC12. The number of aliphatic hydroxyl groups excluding tert-OH is 1. The molecule has 4 aliphatic carbocycles. The van der Waals surface area contributed by atoms with Gasteiger partial charge in [-0.05, 0) is 91.9 Å². The van der Waals surface area contributed by atoms with Gasteiger partial charge in [0, 0.05) is 13.0 Å². The van der Waals surface area contributed by atoms with Gasteiger partial charge in [0.05, 0.1) is 0 Å². The van der Waals surface area contributed by atoms with Crippen LogP contribution < -0.4 is 0 Å². The average molecular weight is 316 g/mol. The van der Waals surface area contributed by atoms with E-state index in [0.717, 1.165) is 49.4 Å². The summed E-state index contributed by atoms with van der Waals surface area (Å²) < 4.78 is 0. The Bertz CT molecular complexity index is 536. The fourth-order valence-corrected chi connectivity index (χ4v) is 7.30. The van der Waals surface area contributed by atoms with Crippen LogP contribution in [0.1, 0.15) is 71.6 Å². The van der Waals surface area contributed by atoms with Gasteiger partial charge in [0.2, 0.25) is 0 Å². The van der Waals surface area contributed by atoms with E-state index >= 15 is 0 Å². The van der Waals surface area contributed by atoms with Gasteiger partial charge in [-0.3, -0.25) is 4.79 Å². The van der Waals surface area contributed by atoms with E-state index in [1.807, 2.05) is 6.08 Å². The van der Waals surface area contributed by atoms with Crippen LogP contribution in [0.2, 0.25) is 0 Å². The first kappa shape index (κ1) is 15.9. The topological polar surface area (TPSA) is 37.3 Å². The lowest BCUT2D eigenvalue weighted by Gasteiger charge is -2.58. The van der Waals surface area contributed by atoms with Crippen molar-refractivity contribution in [3.63, 3.8) is 0 Å². The second-order valence-electron chi connectivity index (χ2n) is 9.30. The molecule has 0 aliphatic heterocycles. The highest BCUT2D eigenvalue weighted by Gasteiger charge is 2.58. The zero-order chi connectivity index (χ0) is 16.2. The van der Waals surface area contributed by atoms with Gasteiger partial charge < -0.3 is 5.11 Å². The average Bonchev–Trinajstić information content (AvgIpc) is 2.85. The van der Waals surface area contributed by atoms with Gasteiger partial charge >= 0.3 is 0 Å². The molecular formula is C21H32O2. The Kier molecular flexibility index (Phi) is 3.75. The Morgan fingerprint density at radius 1 is 1.09 bits per heavy atom. The summed E-state index contributed by atoms with van der Waals surface area (Å²) in [5.74, 6) is 3.60. The van der Waals surface area contributed by atoms with E-state index < -0.39 is 0 Å². The third kappa shape index (κ3) is 2.20. The van der Waals surface area contributed by atoms with Gasteiger partial charge in [0.25, 0.3) is 0 Å². The molecule has 0 saturated heterocycles. The molecule has 6 atom stereocenters. The highest BCUT2D eigenvalue weighted by molar-refractivity contribution is 5.91. The molecule has 3 fully saturated rings. The van der Waals surface area contributed by atoms with Crippen molar-refractivity contribution in [1.29, 1.82) is 0 Å². The number of rotatable bonds is 2. The van der Waals surface area contributed by atoms with Crippen LogP contribution >= 0.6 is 0 Å². The molecule has 4 rings (SSSR count). The highest BCUT2D eigenvalue weighted by Crippen LogP contribution is 2.66. The van der Waals surface area contributed by atoms with Crippen LogP contribution in [0, 0.1) is 34.5 Å². The monoisotopic (exact) mass is 316 g/mol. The van der Waals surface area contributed by atoms with E-state index in [1.54, 1.807) is 0 Å². The summed E-state index contributed by atoms with van der Waals surface area (Å²) in [6.07, 6.45) is 12.7. The van der Waals surface area contributed by atoms with Gasteiger partial charge in [-0.2, -0.15) is 0 Å². The van der Waals surface area contributed by atoms with Crippen molar-refractivity contribution in [2.75, 3.05) is 6.61 Å². The lowest BCUT2D eigenvalue weighted by molar-refractivity contribution is -0.117. The molecule has 0 aromatic rings. The highest BCUT2D eigenvalue weighted by atomic mass is 16.3. The molecule has 0 aromatic carbocycles. The van der Waals surface area contributed by atoms with Crippen LogP contribution in [-0.4, -0.2) is 17.5 Å². The number of carbonyl (C=O) groups excluding carboxylic acids is 1. The number of allylic oxidation sites excluding steroid dienone is 1. The number of hydrogen-bond acceptors (Lipinski definition) is 2. The number of aliphatic hydroxyl groups is 1. The van der Waals surface area contributed by atoms with Crippen molar-refractivity contribution in [2.24, 2.45) is 34.5 Å². The molecule has 0 amide bonds. The van der Waals surface area contributed by atoms with Crippen LogP contribution in [0.25, 0.3) is 0 Å². The summed E-state index contributed by atoms with van der Waals surface area (Å²) in [6.45, 7) is 5.35. The summed E-state index contributed by atoms with van der Waals surface area (Å²) in [5, 5.41) is 9.44. The zero-order valence-electron chi connectivity index (χ0n) is 14.8. The maximum absolute atomic E-state index is 11.9. The van der Waals surface area contributed by atoms with Crippen molar-refractivity contribution in [1.82, 2.24) is 0 Å². The van der Waals surface area contributed by atoms with Crippen molar-refractivity contribution in [3.05, 3.63) is 11.6 Å². The second kappa shape index (κ2) is 5.44. The van der Waals surface area contributed by atoms with E-state index in [4.69, 9.17) is 0 Å². The molecule has 2 nitrogen and oxygen atoms in total. The zero-order valence-corrected chi connectivity index (χ0v) is 14.8. The smallest absolute Gasteiger partial charge is 0.155 e. The molecule has 4 aliphatic rings. The Labute approximate surface area is 140 Å². The summed E-state index contributed by atoms with van der Waals surface area (Å²) in [7, 11) is 0. The third-order valence-corrected chi connectivity index (χ3v) is 8.64. The molecule has 2 heteroatoms. The summed E-state index contributed by atoms with van der Waals surface area (Å²) in [5.41, 5.74) is 2.24. The molecular weight excluding hydrogens is 284 g/mol. The quantitative estimate of drug-likeness (QED) is 0.813. The van der Waals surface area contributed by atoms with E-state index in [2.05, 4.69) is 13.8 Å². The summed E-state index contributed by atoms with van der Waals surface area (Å²) >= 11 is 0. The minimum atomic E-state index is 0.299. The minimum absolute atomic E-state index is 0.299. The van der Waals surface area contributed by atoms with Gasteiger partial charge in [0.15, 0.2) is 5.78 Å². The number of carbonyl (C=O) groups is 1. The predicted molar refractivity (Wildman–Crippen MR) is 91.9 cm³/mol. The molecule has 0 heterocycles. The molecule has 0 radical (unpaired) electrons. The van der Waals surface area contributed by atoms with Gasteiger partial charge in [0.1, 0.15) is 0 Å². The van der Waals surface area contributed by atoms with Crippen LogP contribution in [0.3, 0.4) is 0 Å². The standard InChI is InChI=1S/C21H32O2/c1-20-11-8-19-17(18(20)6-4-14(20)9-12-22)5-3-15-13-16(23)7-10-21(15,19)2/h13-14,17-19,22H,3-12H2,1-2H3. The van der Waals surface area contributed by atoms with Crippen molar-refractivity contribution < 1.29 is 9.90 Å². The first-order valence-corrected chi connectivity index (χ1v) is 9.84. The Balaban J connectivity index is 1.63. The number of hydrogen-bond donors (Lipinski definition) is 1. The largest absolute Gasteiger partial charge is 0.396 e. The Hall–Kier alpha value is -0.630. The maximum Gasteiger partial charge on any atom is 0.155 e. The third-order valence-electron chi connectivity index (χ3n) is 8.64. The lowest BCUT2D eigenvalue weighted by atomic mass is 9.47. The van der Waals surface area contributed by atoms with Crippen LogP contribution in [0.5, 0.6) is 0 Å². The van der Waals surface area contributed by atoms with Crippen LogP contribution in [-0.2, 0) is 4.79 Å². The maximum atomic E-state index is 11.9. The molecule has 6 unspecified atom stereocenters. The van der Waals surface area contributed by atoms with Crippen molar-refractivity contribution in [2.45, 2.75) is 71.6 Å². The molecule has 128 valence electrons. The van der Waals surface area contributed by atoms with Crippen LogP contribution in [0.15, 0.2) is 11.6 Å². The molecule has 23 heavy (non-hydrogen) atoms. The van der Waals surface area contributed by atoms with E-state index in [1.165, 1.54) is 37.7 Å². The molecule has 0 bridgehead atoms. The summed E-state index contributed by atoms with van der Waals surface area (Å²) in [4.78, 5) is 11.9. The van der Waals surface area contributed by atoms with Gasteiger partial charge in [-0.1, -0.05) is 19.4 Å². The van der Waals surface area contributed by atoms with Crippen molar-refractivity contribution >= 4 is 5.78 Å². The predicted octanol–water partition coefficient (Wildman–Crippen LogP) is 4.52. The van der Waals surface area contributed by atoms with Crippen molar-refractivity contribution in [3.8, 4) is 0 Å². The molecule has 0 aromatic heterocycles.